The zero-order valence-corrected chi connectivity index (χ0v) is 20.3. The number of benzene rings is 1. The van der Waals surface area contributed by atoms with Gasteiger partial charge in [0.15, 0.2) is 0 Å². The van der Waals surface area contributed by atoms with Crippen molar-refractivity contribution in [2.75, 3.05) is 12.4 Å². The van der Waals surface area contributed by atoms with Crippen molar-refractivity contribution < 1.29 is 4.39 Å². The van der Waals surface area contributed by atoms with Crippen LogP contribution in [0, 0.1) is 17.1 Å². The molecule has 0 saturated carbocycles. The number of halogens is 2. The SMILES string of the molecule is CN1C=C2C=C(Nc3nc(=O)n(Cc4cscn4)c(=O)n3Cc3ccc(F)c(C#N)c3)C(Cl)=CC2N1. The van der Waals surface area contributed by atoms with Gasteiger partial charge in [0.2, 0.25) is 5.95 Å². The van der Waals surface area contributed by atoms with Gasteiger partial charge in [0.05, 0.1) is 46.6 Å². The minimum Gasteiger partial charge on any atom is -0.324 e. The summed E-state index contributed by atoms with van der Waals surface area (Å²) in [5, 5.41) is 16.1. The number of hydrogen-bond acceptors (Lipinski definition) is 9. The van der Waals surface area contributed by atoms with Gasteiger partial charge in [-0.2, -0.15) is 10.2 Å². The van der Waals surface area contributed by atoms with Crippen LogP contribution in [0.4, 0.5) is 10.3 Å². The fourth-order valence-corrected chi connectivity index (χ4v) is 4.68. The molecule has 0 radical (unpaired) electrons. The van der Waals surface area contributed by atoms with Crippen LogP contribution in [0.5, 0.6) is 0 Å². The normalized spacial score (nSPS) is 16.7. The zero-order chi connectivity index (χ0) is 25.4. The number of fused-ring (bicyclic) bond motifs is 1. The second-order valence-electron chi connectivity index (χ2n) is 8.12. The van der Waals surface area contributed by atoms with Gasteiger partial charge in [-0.05, 0) is 35.4 Å². The number of aromatic nitrogens is 4. The van der Waals surface area contributed by atoms with Gasteiger partial charge in [-0.3, -0.25) is 4.57 Å². The maximum atomic E-state index is 13.9. The minimum absolute atomic E-state index is 0.0430. The molecule has 1 atom stereocenters. The molecule has 5 rings (SSSR count). The Morgan fingerprint density at radius 2 is 2.14 bits per heavy atom. The second-order valence-corrected chi connectivity index (χ2v) is 9.25. The van der Waals surface area contributed by atoms with E-state index < -0.39 is 17.2 Å². The minimum atomic E-state index is -0.764. The Balaban J connectivity index is 1.59. The summed E-state index contributed by atoms with van der Waals surface area (Å²) in [6, 6.07) is 5.66. The molecule has 0 saturated heterocycles. The average Bonchev–Trinajstić information content (AvgIpc) is 3.49. The highest BCUT2D eigenvalue weighted by Crippen LogP contribution is 2.29. The summed E-state index contributed by atoms with van der Waals surface area (Å²) >= 11 is 7.82. The van der Waals surface area contributed by atoms with Crippen LogP contribution in [-0.4, -0.2) is 37.2 Å². The van der Waals surface area contributed by atoms with Crippen molar-refractivity contribution in [1.29, 1.82) is 5.26 Å². The van der Waals surface area contributed by atoms with E-state index in [2.05, 4.69) is 20.7 Å². The summed E-state index contributed by atoms with van der Waals surface area (Å²) in [5.74, 6) is -0.709. The number of hydrazine groups is 1. The van der Waals surface area contributed by atoms with E-state index in [4.69, 9.17) is 11.6 Å². The quantitative estimate of drug-likeness (QED) is 0.503. The summed E-state index contributed by atoms with van der Waals surface area (Å²) in [7, 11) is 1.85. The summed E-state index contributed by atoms with van der Waals surface area (Å²) in [6.45, 7) is -0.137. The number of thiazole rings is 1. The molecule has 182 valence electrons. The summed E-state index contributed by atoms with van der Waals surface area (Å²) in [6.07, 6.45) is 5.48. The van der Waals surface area contributed by atoms with E-state index in [1.807, 2.05) is 13.2 Å². The molecule has 1 aliphatic heterocycles. The van der Waals surface area contributed by atoms with Crippen molar-refractivity contribution in [2.24, 2.45) is 0 Å². The standard InChI is InChI=1S/C23H18ClFN8O2S/c1-31-9-15-5-20(17(24)6-19(15)30-31)28-21-29-22(34)33(10-16-11-36-12-27-16)23(35)32(21)8-13-2-3-18(25)14(4-13)7-26/h2-6,9,11-12,19,30H,8,10H2,1H3,(H,28,29,34). The van der Waals surface area contributed by atoms with E-state index in [9.17, 15) is 19.2 Å². The van der Waals surface area contributed by atoms with Crippen molar-refractivity contribution in [3.05, 3.63) is 107 Å². The third-order valence-electron chi connectivity index (χ3n) is 5.62. The van der Waals surface area contributed by atoms with Crippen LogP contribution in [0.2, 0.25) is 0 Å². The van der Waals surface area contributed by atoms with E-state index in [1.165, 1.54) is 28.0 Å². The van der Waals surface area contributed by atoms with Crippen molar-refractivity contribution in [3.63, 3.8) is 0 Å². The molecule has 1 aromatic carbocycles. The molecular weight excluding hydrogens is 507 g/mol. The molecule has 36 heavy (non-hydrogen) atoms. The van der Waals surface area contributed by atoms with Gasteiger partial charge < -0.3 is 10.3 Å². The highest BCUT2D eigenvalue weighted by Gasteiger charge is 2.25. The first-order chi connectivity index (χ1) is 17.3. The van der Waals surface area contributed by atoms with Crippen LogP contribution in [0.25, 0.3) is 0 Å². The highest BCUT2D eigenvalue weighted by molar-refractivity contribution is 7.07. The average molecular weight is 525 g/mol. The Hall–Kier alpha value is -4.05. The smallest absolute Gasteiger partial charge is 0.324 e. The lowest BCUT2D eigenvalue weighted by Crippen LogP contribution is -2.43. The molecule has 2 N–H and O–H groups in total. The van der Waals surface area contributed by atoms with E-state index in [-0.39, 0.29) is 30.6 Å². The van der Waals surface area contributed by atoms with Crippen molar-refractivity contribution >= 4 is 28.9 Å². The third kappa shape index (κ3) is 4.59. The number of nitrogens with one attached hydrogen (secondary N) is 2. The second kappa shape index (κ2) is 9.54. The molecule has 0 fully saturated rings. The Morgan fingerprint density at radius 3 is 2.89 bits per heavy atom. The number of rotatable bonds is 6. The molecule has 0 bridgehead atoms. The molecule has 3 heterocycles. The lowest BCUT2D eigenvalue weighted by Gasteiger charge is -2.21. The molecule has 3 aromatic rings. The molecule has 13 heteroatoms. The van der Waals surface area contributed by atoms with Gasteiger partial charge in [-0.1, -0.05) is 17.7 Å². The monoisotopic (exact) mass is 524 g/mol. The van der Waals surface area contributed by atoms with E-state index in [1.54, 1.807) is 34.1 Å². The van der Waals surface area contributed by atoms with Crippen LogP contribution in [0.1, 0.15) is 16.8 Å². The van der Waals surface area contributed by atoms with Crippen molar-refractivity contribution in [1.82, 2.24) is 29.5 Å². The predicted octanol–water partition coefficient (Wildman–Crippen LogP) is 2.10. The molecule has 0 amide bonds. The number of nitriles is 1. The topological polar surface area (TPSA) is 121 Å². The molecule has 0 spiro atoms. The largest absolute Gasteiger partial charge is 0.355 e. The fraction of sp³-hybridized carbons (Fsp3) is 0.174. The van der Waals surface area contributed by atoms with Crippen molar-refractivity contribution in [2.45, 2.75) is 19.1 Å². The fourth-order valence-electron chi connectivity index (χ4n) is 3.90. The first-order valence-corrected chi connectivity index (χ1v) is 12.0. The van der Waals surface area contributed by atoms with E-state index >= 15 is 0 Å². The predicted molar refractivity (Wildman–Crippen MR) is 133 cm³/mol. The number of hydrogen-bond donors (Lipinski definition) is 2. The first-order valence-electron chi connectivity index (χ1n) is 10.7. The Kier molecular flexibility index (Phi) is 6.27. The molecule has 2 aromatic heterocycles. The van der Waals surface area contributed by atoms with Crippen LogP contribution in [-0.2, 0) is 13.1 Å². The number of nitrogens with zero attached hydrogens (tertiary/aromatic N) is 6. The summed E-state index contributed by atoms with van der Waals surface area (Å²) in [4.78, 5) is 34.6. The molecule has 1 unspecified atom stereocenters. The van der Waals surface area contributed by atoms with Crippen LogP contribution in [0.15, 0.2) is 73.3 Å². The van der Waals surface area contributed by atoms with E-state index in [0.29, 0.717) is 22.0 Å². The summed E-state index contributed by atoms with van der Waals surface area (Å²) < 4.78 is 16.1. The maximum absolute atomic E-state index is 13.9. The Labute approximate surface area is 212 Å². The van der Waals surface area contributed by atoms with Gasteiger partial charge in [0, 0.05) is 18.6 Å². The van der Waals surface area contributed by atoms with Gasteiger partial charge in [-0.15, -0.1) is 11.3 Å². The lowest BCUT2D eigenvalue weighted by atomic mass is 10.0. The first kappa shape index (κ1) is 23.7. The Morgan fingerprint density at radius 1 is 1.31 bits per heavy atom. The number of anilines is 1. The third-order valence-corrected chi connectivity index (χ3v) is 6.58. The zero-order valence-electron chi connectivity index (χ0n) is 18.8. The molecule has 2 aliphatic rings. The molecule has 10 nitrogen and oxygen atoms in total. The molecule has 1 aliphatic carbocycles. The van der Waals surface area contributed by atoms with Crippen molar-refractivity contribution in [3.8, 4) is 6.07 Å². The van der Waals surface area contributed by atoms with E-state index in [0.717, 1.165) is 16.2 Å². The lowest BCUT2D eigenvalue weighted by molar-refractivity contribution is 0.349. The van der Waals surface area contributed by atoms with Crippen LogP contribution >= 0.6 is 22.9 Å². The van der Waals surface area contributed by atoms with Crippen LogP contribution in [0.3, 0.4) is 0 Å². The Bertz CT molecular complexity index is 1600. The van der Waals surface area contributed by atoms with Gasteiger partial charge >= 0.3 is 11.4 Å². The molecular formula is C23H18ClFN8O2S. The highest BCUT2D eigenvalue weighted by atomic mass is 35.5. The maximum Gasteiger partial charge on any atom is 0.355 e. The van der Waals surface area contributed by atoms with Gasteiger partial charge in [0.25, 0.3) is 0 Å². The van der Waals surface area contributed by atoms with Gasteiger partial charge in [-0.25, -0.2) is 29.0 Å². The van der Waals surface area contributed by atoms with Crippen LogP contribution < -0.4 is 22.1 Å². The summed E-state index contributed by atoms with van der Waals surface area (Å²) in [5.41, 5.74) is 5.62. The van der Waals surface area contributed by atoms with Gasteiger partial charge in [0.1, 0.15) is 11.9 Å². The number of allylic oxidation sites excluding steroid dienone is 1.